The highest BCUT2D eigenvalue weighted by Gasteiger charge is 2.53. The summed E-state index contributed by atoms with van der Waals surface area (Å²) in [5.41, 5.74) is 13.2. The van der Waals surface area contributed by atoms with E-state index in [0.29, 0.717) is 22.7 Å². The Morgan fingerprint density at radius 1 is 0.885 bits per heavy atom. The van der Waals surface area contributed by atoms with Crippen LogP contribution in [0.3, 0.4) is 0 Å². The Labute approximate surface area is 155 Å². The van der Waals surface area contributed by atoms with Crippen LogP contribution in [0.5, 0.6) is 11.5 Å². The lowest BCUT2D eigenvalue weighted by atomic mass is 9.77. The fourth-order valence-electron chi connectivity index (χ4n) is 3.74. The zero-order valence-electron chi connectivity index (χ0n) is 13.7. The van der Waals surface area contributed by atoms with Crippen LogP contribution in [-0.4, -0.2) is 5.97 Å². The topological polar surface area (TPSA) is 89.2 Å². The predicted octanol–water partition coefficient (Wildman–Crippen LogP) is -0.286. The van der Waals surface area contributed by atoms with Crippen molar-refractivity contribution in [1.29, 1.82) is 0 Å². The number of carbonyl (C=O) groups is 1. The molecule has 3 aromatic rings. The number of benzene rings is 3. The van der Waals surface area contributed by atoms with Gasteiger partial charge in [0, 0.05) is 34.5 Å². The first-order chi connectivity index (χ1) is 12.1. The molecule has 0 fully saturated rings. The summed E-state index contributed by atoms with van der Waals surface area (Å²) in [5.74, 6) is 0.864. The summed E-state index contributed by atoms with van der Waals surface area (Å²) in [4.78, 5) is 12.6. The van der Waals surface area contributed by atoms with E-state index in [4.69, 9.17) is 15.2 Å². The van der Waals surface area contributed by atoms with Gasteiger partial charge in [-0.25, -0.2) is 4.79 Å². The van der Waals surface area contributed by atoms with Gasteiger partial charge in [-0.05, 0) is 30.3 Å². The van der Waals surface area contributed by atoms with Gasteiger partial charge in [-0.15, -0.1) is 0 Å². The van der Waals surface area contributed by atoms with E-state index in [1.54, 1.807) is 18.2 Å². The maximum absolute atomic E-state index is 12.6. The summed E-state index contributed by atoms with van der Waals surface area (Å²) in [6.07, 6.45) is 0. The van der Waals surface area contributed by atoms with Gasteiger partial charge < -0.3 is 33.3 Å². The molecule has 0 amide bonds. The van der Waals surface area contributed by atoms with Gasteiger partial charge >= 0.3 is 5.97 Å². The van der Waals surface area contributed by atoms with Crippen LogP contribution in [0, 0.1) is 0 Å². The molecule has 26 heavy (non-hydrogen) atoms. The van der Waals surface area contributed by atoms with E-state index in [1.807, 2.05) is 42.5 Å². The molecular formula is C20H15ClN2O3. The Morgan fingerprint density at radius 3 is 2.38 bits per heavy atom. The third-order valence-corrected chi connectivity index (χ3v) is 4.80. The van der Waals surface area contributed by atoms with Crippen LogP contribution in [0.25, 0.3) is 0 Å². The minimum Gasteiger partial charge on any atom is -1.00 e. The van der Waals surface area contributed by atoms with Crippen LogP contribution in [0.4, 0.5) is 11.4 Å². The Balaban J connectivity index is 0.00000168. The van der Waals surface area contributed by atoms with E-state index in [1.165, 1.54) is 0 Å². The molecule has 0 radical (unpaired) electrons. The molecule has 130 valence electrons. The van der Waals surface area contributed by atoms with Crippen molar-refractivity contribution in [2.45, 2.75) is 5.60 Å². The SMILES string of the molecule is Nc1ccc2c(c1)Oc1cc([NH3+])ccc1C21OC(=O)c2ccccc21.[Cl-]. The molecule has 1 unspecified atom stereocenters. The lowest BCUT2D eigenvalue weighted by Gasteiger charge is -2.36. The number of esters is 1. The Kier molecular flexibility index (Phi) is 3.47. The molecule has 0 aliphatic carbocycles. The van der Waals surface area contributed by atoms with Crippen LogP contribution in [0.15, 0.2) is 60.7 Å². The maximum Gasteiger partial charge on any atom is 0.340 e. The van der Waals surface area contributed by atoms with Crippen molar-refractivity contribution in [3.8, 4) is 11.5 Å². The Morgan fingerprint density at radius 2 is 1.58 bits per heavy atom. The molecule has 5 N–H and O–H groups in total. The highest BCUT2D eigenvalue weighted by Crippen LogP contribution is 2.56. The highest BCUT2D eigenvalue weighted by atomic mass is 35.5. The molecule has 1 spiro atoms. The van der Waals surface area contributed by atoms with Gasteiger partial charge in [0.05, 0.1) is 5.56 Å². The fraction of sp³-hybridized carbons (Fsp3) is 0.0500. The molecular weight excluding hydrogens is 352 g/mol. The number of fused-ring (bicyclic) bond motifs is 6. The Bertz CT molecular complexity index is 1010. The van der Waals surface area contributed by atoms with Crippen molar-refractivity contribution in [2.75, 3.05) is 5.73 Å². The van der Waals surface area contributed by atoms with Crippen molar-refractivity contribution < 1.29 is 32.4 Å². The molecule has 0 saturated heterocycles. The summed E-state index contributed by atoms with van der Waals surface area (Å²) in [7, 11) is 0. The lowest BCUT2D eigenvalue weighted by molar-refractivity contribution is -0.254. The first kappa shape index (κ1) is 16.4. The molecule has 2 aliphatic rings. The number of rotatable bonds is 0. The molecule has 3 aromatic carbocycles. The largest absolute Gasteiger partial charge is 1.00 e. The summed E-state index contributed by atoms with van der Waals surface area (Å²) >= 11 is 0. The minimum absolute atomic E-state index is 0. The second-order valence-electron chi connectivity index (χ2n) is 6.30. The van der Waals surface area contributed by atoms with Crippen molar-refractivity contribution in [3.63, 3.8) is 0 Å². The van der Waals surface area contributed by atoms with E-state index < -0.39 is 5.60 Å². The fourth-order valence-corrected chi connectivity index (χ4v) is 3.74. The molecule has 2 aliphatic heterocycles. The number of nitrogen functional groups attached to an aromatic ring is 1. The van der Waals surface area contributed by atoms with Crippen molar-refractivity contribution in [3.05, 3.63) is 82.9 Å². The Hall–Kier alpha value is -3.02. The summed E-state index contributed by atoms with van der Waals surface area (Å²) in [5, 5.41) is 0. The van der Waals surface area contributed by atoms with Gasteiger partial charge in [0.1, 0.15) is 17.2 Å². The van der Waals surface area contributed by atoms with Crippen LogP contribution in [0.2, 0.25) is 0 Å². The molecule has 5 nitrogen and oxygen atoms in total. The third kappa shape index (κ3) is 1.98. The van der Waals surface area contributed by atoms with Crippen LogP contribution >= 0.6 is 0 Å². The maximum atomic E-state index is 12.6. The second kappa shape index (κ2) is 5.49. The van der Waals surface area contributed by atoms with Gasteiger partial charge in [0.25, 0.3) is 0 Å². The molecule has 0 saturated carbocycles. The first-order valence-corrected chi connectivity index (χ1v) is 7.97. The van der Waals surface area contributed by atoms with Crippen molar-refractivity contribution >= 4 is 17.3 Å². The predicted molar refractivity (Wildman–Crippen MR) is 91.7 cm³/mol. The van der Waals surface area contributed by atoms with E-state index in [2.05, 4.69) is 5.73 Å². The average Bonchev–Trinajstić information content (AvgIpc) is 2.88. The number of nitrogens with two attached hydrogens (primary N) is 1. The zero-order valence-corrected chi connectivity index (χ0v) is 14.4. The number of hydrogen-bond acceptors (Lipinski definition) is 4. The van der Waals surface area contributed by atoms with Gasteiger partial charge in [-0.2, -0.15) is 0 Å². The van der Waals surface area contributed by atoms with E-state index in [0.717, 1.165) is 22.4 Å². The van der Waals surface area contributed by atoms with Crippen LogP contribution < -0.4 is 28.6 Å². The molecule has 0 bridgehead atoms. The summed E-state index contributed by atoms with van der Waals surface area (Å²) in [6.45, 7) is 0. The zero-order chi connectivity index (χ0) is 17.2. The normalized spacial score (nSPS) is 18.9. The molecule has 2 heterocycles. The number of ether oxygens (including phenoxy) is 2. The third-order valence-electron chi connectivity index (χ3n) is 4.80. The first-order valence-electron chi connectivity index (χ1n) is 7.97. The second-order valence-corrected chi connectivity index (χ2v) is 6.30. The van der Waals surface area contributed by atoms with Crippen molar-refractivity contribution in [2.24, 2.45) is 0 Å². The van der Waals surface area contributed by atoms with E-state index >= 15 is 0 Å². The van der Waals surface area contributed by atoms with Crippen LogP contribution in [0.1, 0.15) is 27.0 Å². The average molecular weight is 367 g/mol. The number of halogens is 1. The number of quaternary nitrogens is 1. The monoisotopic (exact) mass is 366 g/mol. The van der Waals surface area contributed by atoms with Gasteiger partial charge in [-0.3, -0.25) is 0 Å². The number of carbonyl (C=O) groups excluding carboxylic acids is 1. The quantitative estimate of drug-likeness (QED) is 0.423. The standard InChI is InChI=1S/C20H14N2O3.ClH/c21-11-5-7-15-17(9-11)24-18-10-12(22)6-8-16(18)20(15)14-4-2-1-3-13(14)19(23)25-20;/h1-10H,21-22H2;1H. The van der Waals surface area contributed by atoms with Crippen LogP contribution in [-0.2, 0) is 10.3 Å². The summed E-state index contributed by atoms with van der Waals surface area (Å²) < 4.78 is 12.1. The smallest absolute Gasteiger partial charge is 0.340 e. The van der Waals surface area contributed by atoms with Gasteiger partial charge in [-0.1, -0.05) is 18.2 Å². The molecule has 5 rings (SSSR count). The lowest BCUT2D eigenvalue weighted by Crippen LogP contribution is -3.00. The highest BCUT2D eigenvalue weighted by molar-refractivity contribution is 5.97. The summed E-state index contributed by atoms with van der Waals surface area (Å²) in [6, 6.07) is 18.5. The molecule has 6 heteroatoms. The van der Waals surface area contributed by atoms with E-state index in [9.17, 15) is 4.79 Å². The molecule has 1 atom stereocenters. The number of anilines is 1. The minimum atomic E-state index is -1.03. The molecule has 0 aromatic heterocycles. The number of hydrogen-bond donors (Lipinski definition) is 2. The van der Waals surface area contributed by atoms with Crippen molar-refractivity contribution in [1.82, 2.24) is 0 Å². The van der Waals surface area contributed by atoms with Gasteiger partial charge in [0.15, 0.2) is 5.60 Å². The van der Waals surface area contributed by atoms with Gasteiger partial charge in [0.2, 0.25) is 0 Å². The van der Waals surface area contributed by atoms with E-state index in [-0.39, 0.29) is 18.4 Å².